The van der Waals surface area contributed by atoms with Crippen LogP contribution in [-0.4, -0.2) is 27.0 Å². The van der Waals surface area contributed by atoms with Gasteiger partial charge in [0.2, 0.25) is 11.7 Å². The van der Waals surface area contributed by atoms with Crippen molar-refractivity contribution in [2.24, 2.45) is 7.05 Å². The van der Waals surface area contributed by atoms with E-state index in [0.29, 0.717) is 29.2 Å². The van der Waals surface area contributed by atoms with E-state index in [-0.39, 0.29) is 11.7 Å². The highest BCUT2D eigenvalue weighted by molar-refractivity contribution is 7.99. The van der Waals surface area contributed by atoms with Gasteiger partial charge in [0.25, 0.3) is 0 Å². The third kappa shape index (κ3) is 4.61. The minimum Gasteiger partial charge on any atom is -0.331 e. The summed E-state index contributed by atoms with van der Waals surface area (Å²) < 4.78 is 1.68. The SMILES string of the molecule is Cn1ccnc1C(=O)c1ccc(NC(=O)CCSc2ccccc2)cc1. The second kappa shape index (κ2) is 8.49. The van der Waals surface area contributed by atoms with Crippen LogP contribution in [0.2, 0.25) is 0 Å². The number of carbonyl (C=O) groups is 2. The van der Waals surface area contributed by atoms with Crippen LogP contribution >= 0.6 is 11.8 Å². The van der Waals surface area contributed by atoms with Crippen molar-refractivity contribution < 1.29 is 9.59 Å². The van der Waals surface area contributed by atoms with Crippen molar-refractivity contribution in [1.29, 1.82) is 0 Å². The van der Waals surface area contributed by atoms with Gasteiger partial charge in [-0.2, -0.15) is 0 Å². The van der Waals surface area contributed by atoms with Gasteiger partial charge in [0.1, 0.15) is 0 Å². The van der Waals surface area contributed by atoms with Gasteiger partial charge in [-0.1, -0.05) is 18.2 Å². The van der Waals surface area contributed by atoms with Crippen LogP contribution in [0.15, 0.2) is 71.9 Å². The first-order chi connectivity index (χ1) is 12.6. The predicted octanol–water partition coefficient (Wildman–Crippen LogP) is 3.77. The number of rotatable bonds is 7. The highest BCUT2D eigenvalue weighted by atomic mass is 32.2. The van der Waals surface area contributed by atoms with Crippen molar-refractivity contribution in [3.8, 4) is 0 Å². The zero-order valence-corrected chi connectivity index (χ0v) is 15.2. The molecule has 3 aromatic rings. The van der Waals surface area contributed by atoms with Crippen molar-refractivity contribution in [1.82, 2.24) is 9.55 Å². The summed E-state index contributed by atoms with van der Waals surface area (Å²) in [5, 5.41) is 2.86. The van der Waals surface area contributed by atoms with E-state index >= 15 is 0 Å². The Labute approximate surface area is 156 Å². The number of thioether (sulfide) groups is 1. The highest BCUT2D eigenvalue weighted by Crippen LogP contribution is 2.18. The highest BCUT2D eigenvalue weighted by Gasteiger charge is 2.13. The van der Waals surface area contributed by atoms with Crippen molar-refractivity contribution in [2.45, 2.75) is 11.3 Å². The summed E-state index contributed by atoms with van der Waals surface area (Å²) in [5.41, 5.74) is 1.22. The Morgan fingerprint density at radius 3 is 2.46 bits per heavy atom. The average Bonchev–Trinajstić information content (AvgIpc) is 3.08. The molecule has 5 nitrogen and oxygen atoms in total. The molecule has 26 heavy (non-hydrogen) atoms. The fourth-order valence-electron chi connectivity index (χ4n) is 2.42. The maximum Gasteiger partial charge on any atom is 0.228 e. The molecular weight excluding hydrogens is 346 g/mol. The molecule has 0 radical (unpaired) electrons. The number of carbonyl (C=O) groups excluding carboxylic acids is 2. The summed E-state index contributed by atoms with van der Waals surface area (Å²) in [6, 6.07) is 16.9. The molecule has 0 saturated carbocycles. The van der Waals surface area contributed by atoms with E-state index in [9.17, 15) is 9.59 Å². The zero-order chi connectivity index (χ0) is 18.4. The third-order valence-electron chi connectivity index (χ3n) is 3.80. The second-order valence-electron chi connectivity index (χ2n) is 5.73. The number of amides is 1. The van der Waals surface area contributed by atoms with Crippen LogP contribution in [0.5, 0.6) is 0 Å². The molecule has 1 heterocycles. The Hall–Kier alpha value is -2.86. The van der Waals surface area contributed by atoms with Gasteiger partial charge in [0.05, 0.1) is 0 Å². The zero-order valence-electron chi connectivity index (χ0n) is 14.4. The first-order valence-corrected chi connectivity index (χ1v) is 9.22. The first kappa shape index (κ1) is 17.9. The lowest BCUT2D eigenvalue weighted by molar-refractivity contribution is -0.115. The largest absolute Gasteiger partial charge is 0.331 e. The van der Waals surface area contributed by atoms with Crippen molar-refractivity contribution in [3.05, 3.63) is 78.4 Å². The Kier molecular flexibility index (Phi) is 5.86. The maximum atomic E-state index is 12.4. The smallest absolute Gasteiger partial charge is 0.228 e. The van der Waals surface area contributed by atoms with Gasteiger partial charge < -0.3 is 9.88 Å². The number of aromatic nitrogens is 2. The topological polar surface area (TPSA) is 64.0 Å². The Balaban J connectivity index is 1.51. The monoisotopic (exact) mass is 365 g/mol. The fourth-order valence-corrected chi connectivity index (χ4v) is 3.29. The van der Waals surface area contributed by atoms with Crippen LogP contribution in [-0.2, 0) is 11.8 Å². The summed E-state index contributed by atoms with van der Waals surface area (Å²) in [4.78, 5) is 29.6. The number of hydrogen-bond donors (Lipinski definition) is 1. The molecule has 2 aromatic carbocycles. The van der Waals surface area contributed by atoms with Gasteiger partial charge in [-0.05, 0) is 36.4 Å². The van der Waals surface area contributed by atoms with Crippen LogP contribution in [0, 0.1) is 0 Å². The average molecular weight is 365 g/mol. The lowest BCUT2D eigenvalue weighted by Gasteiger charge is -2.07. The molecule has 0 aliphatic rings. The number of anilines is 1. The number of hydrogen-bond acceptors (Lipinski definition) is 4. The summed E-state index contributed by atoms with van der Waals surface area (Å²) >= 11 is 1.65. The van der Waals surface area contributed by atoms with Gasteiger partial charge in [0, 0.05) is 47.8 Å². The maximum absolute atomic E-state index is 12.4. The number of ketones is 1. The molecule has 3 rings (SSSR count). The van der Waals surface area contributed by atoms with E-state index < -0.39 is 0 Å². The molecule has 0 bridgehead atoms. The normalized spacial score (nSPS) is 10.5. The summed E-state index contributed by atoms with van der Waals surface area (Å²) in [5.74, 6) is 0.914. The summed E-state index contributed by atoms with van der Waals surface area (Å²) in [7, 11) is 1.78. The van der Waals surface area contributed by atoms with E-state index in [1.54, 1.807) is 60.0 Å². The molecule has 0 atom stereocenters. The molecule has 0 aliphatic carbocycles. The quantitative estimate of drug-likeness (QED) is 0.511. The molecule has 0 fully saturated rings. The van der Waals surface area contributed by atoms with E-state index in [1.807, 2.05) is 30.3 Å². The second-order valence-corrected chi connectivity index (χ2v) is 6.90. The van der Waals surface area contributed by atoms with Crippen molar-refractivity contribution in [3.63, 3.8) is 0 Å². The van der Waals surface area contributed by atoms with Gasteiger partial charge in [-0.15, -0.1) is 11.8 Å². The molecule has 0 unspecified atom stereocenters. The molecule has 1 N–H and O–H groups in total. The van der Waals surface area contributed by atoms with Gasteiger partial charge in [0.15, 0.2) is 5.82 Å². The molecular formula is C20H19N3O2S. The molecule has 132 valence electrons. The van der Waals surface area contributed by atoms with Crippen LogP contribution < -0.4 is 5.32 Å². The van der Waals surface area contributed by atoms with Crippen LogP contribution in [0.3, 0.4) is 0 Å². The number of nitrogens with zero attached hydrogens (tertiary/aromatic N) is 2. The minimum absolute atomic E-state index is 0.0448. The Bertz CT molecular complexity index is 889. The van der Waals surface area contributed by atoms with E-state index in [0.717, 1.165) is 4.90 Å². The van der Waals surface area contributed by atoms with Gasteiger partial charge in [-0.3, -0.25) is 9.59 Å². The van der Waals surface area contributed by atoms with Gasteiger partial charge in [-0.25, -0.2) is 4.98 Å². The van der Waals surface area contributed by atoms with E-state index in [1.165, 1.54) is 0 Å². The standard InChI is InChI=1S/C20H19N3O2S/c1-23-13-12-21-20(23)19(25)15-7-9-16(10-8-15)22-18(24)11-14-26-17-5-3-2-4-6-17/h2-10,12-13H,11,14H2,1H3,(H,22,24). The lowest BCUT2D eigenvalue weighted by Crippen LogP contribution is -2.13. The number of nitrogens with one attached hydrogen (secondary N) is 1. The van der Waals surface area contributed by atoms with Crippen LogP contribution in [0.1, 0.15) is 22.6 Å². The molecule has 6 heteroatoms. The van der Waals surface area contributed by atoms with Crippen LogP contribution in [0.25, 0.3) is 0 Å². The molecule has 0 saturated heterocycles. The van der Waals surface area contributed by atoms with Crippen LogP contribution in [0.4, 0.5) is 5.69 Å². The summed E-state index contributed by atoms with van der Waals surface area (Å²) in [6.45, 7) is 0. The summed E-state index contributed by atoms with van der Waals surface area (Å²) in [6.07, 6.45) is 3.75. The molecule has 0 spiro atoms. The minimum atomic E-state index is -0.144. The number of aryl methyl sites for hydroxylation is 1. The van der Waals surface area contributed by atoms with Gasteiger partial charge >= 0.3 is 0 Å². The Morgan fingerprint density at radius 2 is 1.81 bits per heavy atom. The third-order valence-corrected chi connectivity index (χ3v) is 4.81. The predicted molar refractivity (Wildman–Crippen MR) is 103 cm³/mol. The van der Waals surface area contributed by atoms with E-state index in [4.69, 9.17) is 0 Å². The number of benzene rings is 2. The van der Waals surface area contributed by atoms with Crippen molar-refractivity contribution >= 4 is 29.1 Å². The fraction of sp³-hybridized carbons (Fsp3) is 0.150. The lowest BCUT2D eigenvalue weighted by atomic mass is 10.1. The Morgan fingerprint density at radius 1 is 1.08 bits per heavy atom. The molecule has 0 aliphatic heterocycles. The number of imidazole rings is 1. The first-order valence-electron chi connectivity index (χ1n) is 8.23. The molecule has 1 amide bonds. The molecule has 1 aromatic heterocycles. The van der Waals surface area contributed by atoms with Crippen molar-refractivity contribution in [2.75, 3.05) is 11.1 Å². The van der Waals surface area contributed by atoms with E-state index in [2.05, 4.69) is 10.3 Å².